The third kappa shape index (κ3) is 4.69. The number of hydrogen-bond acceptors (Lipinski definition) is 7. The van der Waals surface area contributed by atoms with Gasteiger partial charge in [0.15, 0.2) is 5.13 Å². The van der Waals surface area contributed by atoms with Crippen LogP contribution >= 0.6 is 11.3 Å². The van der Waals surface area contributed by atoms with E-state index in [0.29, 0.717) is 34.1 Å². The summed E-state index contributed by atoms with van der Waals surface area (Å²) in [6.07, 6.45) is 9.48. The average Bonchev–Trinajstić information content (AvgIpc) is 3.53. The predicted molar refractivity (Wildman–Crippen MR) is 140 cm³/mol. The second kappa shape index (κ2) is 10.0. The van der Waals surface area contributed by atoms with Crippen LogP contribution in [0.2, 0.25) is 0 Å². The lowest BCUT2D eigenvalue weighted by atomic mass is 9.94. The number of fused-ring (bicyclic) bond motifs is 1. The van der Waals surface area contributed by atoms with E-state index in [1.54, 1.807) is 36.8 Å². The van der Waals surface area contributed by atoms with E-state index in [1.807, 2.05) is 22.7 Å². The van der Waals surface area contributed by atoms with Crippen molar-refractivity contribution in [2.45, 2.75) is 32.2 Å². The van der Waals surface area contributed by atoms with E-state index in [0.717, 1.165) is 29.8 Å². The summed E-state index contributed by atoms with van der Waals surface area (Å²) in [4.78, 5) is 37.6. The lowest BCUT2D eigenvalue weighted by Gasteiger charge is -2.21. The van der Waals surface area contributed by atoms with Crippen LogP contribution in [-0.2, 0) is 4.79 Å². The topological polar surface area (TPSA) is 127 Å². The van der Waals surface area contributed by atoms with Crippen molar-refractivity contribution in [2.75, 3.05) is 11.1 Å². The highest BCUT2D eigenvalue weighted by Crippen LogP contribution is 2.33. The third-order valence-electron chi connectivity index (χ3n) is 5.93. The Kier molecular flexibility index (Phi) is 6.47. The number of nitrogen functional groups attached to an aromatic ring is 1. The number of imidazole rings is 1. The molecule has 0 radical (unpaired) electrons. The van der Waals surface area contributed by atoms with Crippen molar-refractivity contribution in [2.24, 2.45) is 0 Å². The highest BCUT2D eigenvalue weighted by atomic mass is 32.1. The summed E-state index contributed by atoms with van der Waals surface area (Å²) in [5, 5.41) is 8.08. The summed E-state index contributed by atoms with van der Waals surface area (Å²) in [6.45, 7) is 1.64. The van der Waals surface area contributed by atoms with E-state index in [4.69, 9.17) is 10.7 Å². The fourth-order valence-corrected chi connectivity index (χ4v) is 4.75. The Morgan fingerprint density at radius 2 is 2.03 bits per heavy atom. The second-order valence-electron chi connectivity index (χ2n) is 8.23. The summed E-state index contributed by atoms with van der Waals surface area (Å²) < 4.78 is 1.95. The first-order valence-corrected chi connectivity index (χ1v) is 12.3. The number of carbonyl (C=O) groups excluding carboxylic acids is 2. The van der Waals surface area contributed by atoms with Crippen LogP contribution in [0.1, 0.15) is 42.4 Å². The molecule has 9 nitrogen and oxygen atoms in total. The molecular weight excluding hydrogens is 474 g/mol. The van der Waals surface area contributed by atoms with Gasteiger partial charge in [0.25, 0.3) is 11.8 Å². The Labute approximate surface area is 211 Å². The molecule has 1 unspecified atom stereocenters. The van der Waals surface area contributed by atoms with Crippen molar-refractivity contribution in [1.29, 1.82) is 0 Å². The standard InChI is InChI=1S/C26H23N7O2S/c1-2-3-20(34)30-19-10-8-17(9-11-19)24-31-21(22-23(27)28-12-14-33(22)24)16-4-6-18(7-5-16)25(35)32-26-29-13-15-36-26/h4-8,12-15,19H,9-11H2,1H3,(H2,27,28)(H,30,34)(H,29,32,35). The zero-order valence-electron chi connectivity index (χ0n) is 19.5. The molecule has 2 amide bonds. The van der Waals surface area contributed by atoms with Gasteiger partial charge in [0.05, 0.1) is 0 Å². The Morgan fingerprint density at radius 1 is 1.19 bits per heavy atom. The van der Waals surface area contributed by atoms with Gasteiger partial charge in [0, 0.05) is 41.1 Å². The molecule has 0 aliphatic heterocycles. The molecule has 3 aromatic heterocycles. The van der Waals surface area contributed by atoms with Gasteiger partial charge in [-0.15, -0.1) is 11.3 Å². The number of aromatic nitrogens is 4. The molecule has 1 aliphatic rings. The van der Waals surface area contributed by atoms with Crippen molar-refractivity contribution in [3.63, 3.8) is 0 Å². The van der Waals surface area contributed by atoms with Crippen molar-refractivity contribution in [3.05, 3.63) is 65.7 Å². The van der Waals surface area contributed by atoms with Gasteiger partial charge in [-0.2, -0.15) is 0 Å². The first-order chi connectivity index (χ1) is 17.5. The van der Waals surface area contributed by atoms with Crippen LogP contribution < -0.4 is 16.4 Å². The Morgan fingerprint density at radius 3 is 2.72 bits per heavy atom. The van der Waals surface area contributed by atoms with Crippen LogP contribution in [0.15, 0.2) is 54.3 Å². The maximum Gasteiger partial charge on any atom is 0.296 e. The average molecular weight is 498 g/mol. The van der Waals surface area contributed by atoms with Crippen molar-refractivity contribution in [3.8, 4) is 23.1 Å². The molecule has 0 saturated carbocycles. The first-order valence-electron chi connectivity index (χ1n) is 11.4. The third-order valence-corrected chi connectivity index (χ3v) is 6.62. The molecule has 1 aromatic carbocycles. The van der Waals surface area contributed by atoms with Crippen LogP contribution in [0.5, 0.6) is 0 Å². The van der Waals surface area contributed by atoms with E-state index in [-0.39, 0.29) is 17.9 Å². The maximum atomic E-state index is 12.5. The van der Waals surface area contributed by atoms with E-state index in [2.05, 4.69) is 38.5 Å². The van der Waals surface area contributed by atoms with Gasteiger partial charge < -0.3 is 11.1 Å². The Hall–Kier alpha value is -4.49. The summed E-state index contributed by atoms with van der Waals surface area (Å²) in [5.41, 5.74) is 10.1. The maximum absolute atomic E-state index is 12.5. The first kappa shape index (κ1) is 23.3. The van der Waals surface area contributed by atoms with E-state index in [9.17, 15) is 9.59 Å². The van der Waals surface area contributed by atoms with Crippen LogP contribution in [0.25, 0.3) is 22.3 Å². The minimum atomic E-state index is -0.254. The second-order valence-corrected chi connectivity index (χ2v) is 9.13. The van der Waals surface area contributed by atoms with Crippen LogP contribution in [0.3, 0.4) is 0 Å². The van der Waals surface area contributed by atoms with E-state index in [1.165, 1.54) is 11.3 Å². The number of allylic oxidation sites excluding steroid dienone is 1. The molecule has 180 valence electrons. The number of benzene rings is 1. The quantitative estimate of drug-likeness (QED) is 0.360. The molecule has 1 aliphatic carbocycles. The minimum absolute atomic E-state index is 0.0441. The monoisotopic (exact) mass is 497 g/mol. The Balaban J connectivity index is 1.43. The number of carbonyl (C=O) groups is 2. The molecule has 0 saturated heterocycles. The van der Waals surface area contributed by atoms with Gasteiger partial charge in [-0.3, -0.25) is 19.3 Å². The van der Waals surface area contributed by atoms with Crippen LogP contribution in [-0.4, -0.2) is 37.2 Å². The van der Waals surface area contributed by atoms with Gasteiger partial charge in [-0.1, -0.05) is 24.1 Å². The SMILES string of the molecule is CC#CC(=O)NC1CC=C(c2nc(-c3ccc(C(=O)Nc4nccs4)cc3)c3c(N)nccn23)CC1. The summed E-state index contributed by atoms with van der Waals surface area (Å²) in [6, 6.07) is 7.25. The zero-order valence-corrected chi connectivity index (χ0v) is 20.3. The zero-order chi connectivity index (χ0) is 25.1. The van der Waals surface area contributed by atoms with Gasteiger partial charge in [-0.25, -0.2) is 15.0 Å². The van der Waals surface area contributed by atoms with Gasteiger partial charge in [0.1, 0.15) is 22.9 Å². The fourth-order valence-electron chi connectivity index (χ4n) is 4.23. The van der Waals surface area contributed by atoms with Gasteiger partial charge >= 0.3 is 0 Å². The highest BCUT2D eigenvalue weighted by Gasteiger charge is 2.23. The number of anilines is 2. The molecule has 0 bridgehead atoms. The lowest BCUT2D eigenvalue weighted by molar-refractivity contribution is -0.116. The molecule has 0 spiro atoms. The predicted octanol–water partition coefficient (Wildman–Crippen LogP) is 3.76. The summed E-state index contributed by atoms with van der Waals surface area (Å²) >= 11 is 1.36. The normalized spacial score (nSPS) is 15.0. The summed E-state index contributed by atoms with van der Waals surface area (Å²) in [5.74, 6) is 5.82. The molecule has 3 heterocycles. The van der Waals surface area contributed by atoms with Gasteiger partial charge in [-0.05, 0) is 49.8 Å². The number of nitrogens with zero attached hydrogens (tertiary/aromatic N) is 4. The fraction of sp³-hybridized carbons (Fsp3) is 0.192. The molecule has 5 rings (SSSR count). The number of hydrogen-bond donors (Lipinski definition) is 3. The van der Waals surface area contributed by atoms with E-state index >= 15 is 0 Å². The number of nitrogens with two attached hydrogens (primary N) is 1. The lowest BCUT2D eigenvalue weighted by Crippen LogP contribution is -2.34. The highest BCUT2D eigenvalue weighted by molar-refractivity contribution is 7.13. The number of rotatable bonds is 5. The molecule has 4 aromatic rings. The molecular formula is C26H23N7O2S. The van der Waals surface area contributed by atoms with E-state index < -0.39 is 0 Å². The van der Waals surface area contributed by atoms with Crippen LogP contribution in [0, 0.1) is 11.8 Å². The summed E-state index contributed by atoms with van der Waals surface area (Å²) in [7, 11) is 0. The number of nitrogens with one attached hydrogen (secondary N) is 2. The number of amides is 2. The molecule has 36 heavy (non-hydrogen) atoms. The largest absolute Gasteiger partial charge is 0.382 e. The smallest absolute Gasteiger partial charge is 0.296 e. The molecule has 1 atom stereocenters. The van der Waals surface area contributed by atoms with Crippen LogP contribution in [0.4, 0.5) is 10.9 Å². The van der Waals surface area contributed by atoms with Crippen molar-refractivity contribution >= 4 is 45.2 Å². The van der Waals surface area contributed by atoms with Crippen molar-refractivity contribution < 1.29 is 9.59 Å². The minimum Gasteiger partial charge on any atom is -0.382 e. The Bertz CT molecular complexity index is 1530. The molecule has 0 fully saturated rings. The van der Waals surface area contributed by atoms with Gasteiger partial charge in [0.2, 0.25) is 0 Å². The number of thiazole rings is 1. The van der Waals surface area contributed by atoms with Crippen molar-refractivity contribution in [1.82, 2.24) is 24.7 Å². The molecule has 4 N–H and O–H groups in total. The molecule has 10 heteroatoms.